The molecule has 0 aromatic carbocycles. The SMILES string of the molecule is [AlH3].[Ce].[La].[Zr]. The van der Waals surface area contributed by atoms with Gasteiger partial charge in [-0.25, -0.2) is 0 Å². The third kappa shape index (κ3) is 9.37. The summed E-state index contributed by atoms with van der Waals surface area (Å²) in [5.74, 6) is 0. The molecule has 0 aliphatic rings. The van der Waals surface area contributed by atoms with E-state index in [4.69, 9.17) is 0 Å². The zero-order valence-corrected chi connectivity index (χ0v) is 10.8. The molecular weight excluding hydrogens is 397 g/mol. The van der Waals surface area contributed by atoms with Crippen molar-refractivity contribution in [2.45, 2.75) is 0 Å². The van der Waals surface area contributed by atoms with Crippen LogP contribution < -0.4 is 0 Å². The molecule has 4 heavy (non-hydrogen) atoms. The summed E-state index contributed by atoms with van der Waals surface area (Å²) in [5.41, 5.74) is 0. The van der Waals surface area contributed by atoms with E-state index in [1.807, 2.05) is 0 Å². The Morgan fingerprint density at radius 2 is 1.00 bits per heavy atom. The maximum Gasteiger partial charge on any atom is 0.187 e. The number of hydrogen-bond acceptors (Lipinski definition) is 0. The van der Waals surface area contributed by atoms with Crippen LogP contribution in [-0.2, 0) is 26.2 Å². The van der Waals surface area contributed by atoms with Gasteiger partial charge in [-0.2, -0.15) is 0 Å². The first-order valence-electron chi connectivity index (χ1n) is 0. The summed E-state index contributed by atoms with van der Waals surface area (Å²) in [4.78, 5) is 0. The van der Waals surface area contributed by atoms with Crippen molar-refractivity contribution in [3.8, 4) is 0 Å². The first-order chi connectivity index (χ1) is 0. The zero-order chi connectivity index (χ0) is 0. The Labute approximate surface area is 117 Å². The van der Waals surface area contributed by atoms with E-state index in [1.54, 1.807) is 0 Å². The molecule has 0 aromatic rings. The van der Waals surface area contributed by atoms with Crippen LogP contribution in [0.1, 0.15) is 0 Å². The minimum Gasteiger partial charge on any atom is 0 e. The van der Waals surface area contributed by atoms with Gasteiger partial charge in [-0.3, -0.25) is 0 Å². The second-order valence-electron chi connectivity index (χ2n) is 0. The molecule has 0 aromatic heterocycles. The minimum absolute atomic E-state index is 0. The Morgan fingerprint density at radius 3 is 1.00 bits per heavy atom. The van der Waals surface area contributed by atoms with Gasteiger partial charge in [0.2, 0.25) is 0 Å². The van der Waals surface area contributed by atoms with Crippen LogP contribution >= 0.6 is 0 Å². The predicted octanol–water partition coefficient (Wildman–Crippen LogP) is -1.19. The van der Waals surface area contributed by atoms with Gasteiger partial charge in [-0.15, -0.1) is 0 Å². The van der Waals surface area contributed by atoms with Crippen LogP contribution in [-0.4, -0.2) is 17.4 Å². The van der Waals surface area contributed by atoms with Gasteiger partial charge < -0.3 is 0 Å². The van der Waals surface area contributed by atoms with Crippen molar-refractivity contribution >= 4 is 17.4 Å². The van der Waals surface area contributed by atoms with Crippen LogP contribution in [0.3, 0.4) is 0 Å². The molecule has 0 rings (SSSR count). The van der Waals surface area contributed by atoms with Crippen molar-refractivity contribution < 1.29 is 104 Å². The molecule has 4 heteroatoms. The van der Waals surface area contributed by atoms with Crippen molar-refractivity contribution in [2.24, 2.45) is 0 Å². The first-order valence-corrected chi connectivity index (χ1v) is 0. The van der Waals surface area contributed by atoms with Gasteiger partial charge in [-0.05, 0) is 0 Å². The summed E-state index contributed by atoms with van der Waals surface area (Å²) in [7, 11) is 0. The van der Waals surface area contributed by atoms with E-state index in [-0.39, 0.29) is 121 Å². The van der Waals surface area contributed by atoms with E-state index in [2.05, 4.69) is 0 Å². The van der Waals surface area contributed by atoms with Gasteiger partial charge in [0.05, 0.1) is 0 Å². The molecule has 0 saturated carbocycles. The summed E-state index contributed by atoms with van der Waals surface area (Å²) in [6.45, 7) is 0. The summed E-state index contributed by atoms with van der Waals surface area (Å²) in [5, 5.41) is 0. The van der Waals surface area contributed by atoms with E-state index in [1.165, 1.54) is 0 Å². The Morgan fingerprint density at radius 1 is 1.00 bits per heavy atom. The first kappa shape index (κ1) is 24.5. The quantitative estimate of drug-likeness (QED) is 0.449. The molecule has 0 bridgehead atoms. The Kier molecular flexibility index (Phi) is 96.6. The Hall–Kier alpha value is 3.99. The van der Waals surface area contributed by atoms with Crippen molar-refractivity contribution in [1.82, 2.24) is 0 Å². The molecule has 1 radical (unpaired) electrons. The minimum atomic E-state index is 0. The van der Waals surface area contributed by atoms with Gasteiger partial charge >= 0.3 is 0 Å². The monoisotopic (exact) mass is 399 g/mol. The van der Waals surface area contributed by atoms with Gasteiger partial charge in [0.1, 0.15) is 0 Å². The number of rotatable bonds is 0. The van der Waals surface area contributed by atoms with Gasteiger partial charge in [0.15, 0.2) is 17.4 Å². The Balaban J connectivity index is 0. The van der Waals surface area contributed by atoms with Crippen LogP contribution in [0, 0.1) is 77.3 Å². The average molecular weight is 400 g/mol. The van der Waals surface area contributed by atoms with Crippen molar-refractivity contribution in [2.75, 3.05) is 0 Å². The summed E-state index contributed by atoms with van der Waals surface area (Å²) in [6.07, 6.45) is 0. The van der Waals surface area contributed by atoms with E-state index in [0.29, 0.717) is 0 Å². The van der Waals surface area contributed by atoms with Crippen LogP contribution in [0.15, 0.2) is 0 Å². The van der Waals surface area contributed by atoms with Gasteiger partial charge in [0.25, 0.3) is 0 Å². The molecule has 0 unspecified atom stereocenters. The van der Waals surface area contributed by atoms with Gasteiger partial charge in [0, 0.05) is 104 Å². The summed E-state index contributed by atoms with van der Waals surface area (Å²) < 4.78 is 0. The normalized spacial score (nSPS) is 0. The number of hydrogen-bond donors (Lipinski definition) is 0. The molecule has 0 aliphatic heterocycles. The smallest absolute Gasteiger partial charge is 0 e. The molecular formula is H3AlCeLaZr. The zero-order valence-electron chi connectivity index (χ0n) is 1.58. The van der Waals surface area contributed by atoms with E-state index in [9.17, 15) is 0 Å². The maximum atomic E-state index is 0. The molecule has 0 amide bonds. The molecule has 0 spiro atoms. The fraction of sp³-hybridized carbons (Fsp3) is 0. The van der Waals surface area contributed by atoms with Crippen LogP contribution in [0.5, 0.6) is 0 Å². The van der Waals surface area contributed by atoms with Crippen molar-refractivity contribution in [3.63, 3.8) is 0 Å². The Bertz CT molecular complexity index is 8.00. The third-order valence-electron chi connectivity index (χ3n) is 0. The van der Waals surface area contributed by atoms with Crippen molar-refractivity contribution in [3.05, 3.63) is 0 Å². The van der Waals surface area contributed by atoms with Crippen LogP contribution in [0.25, 0.3) is 0 Å². The molecule has 0 fully saturated rings. The molecule has 0 N–H and O–H groups in total. The summed E-state index contributed by atoms with van der Waals surface area (Å²) >= 11 is 0. The largest absolute Gasteiger partial charge is 0.187 e. The fourth-order valence-corrected chi connectivity index (χ4v) is 0. The fourth-order valence-electron chi connectivity index (χ4n) is 0. The predicted molar refractivity (Wildman–Crippen MR) is 9.94 cm³/mol. The molecule has 17 valence electrons. The molecule has 0 aliphatic carbocycles. The maximum absolute atomic E-state index is 0. The second kappa shape index (κ2) is 15.8. The topological polar surface area (TPSA) is 0 Å². The second-order valence-corrected chi connectivity index (χ2v) is 0. The van der Waals surface area contributed by atoms with Crippen LogP contribution in [0.4, 0.5) is 0 Å². The molecule has 0 saturated heterocycles. The standard InChI is InChI=1S/Al.Ce.La.Zr.3H. The van der Waals surface area contributed by atoms with Crippen molar-refractivity contribution in [1.29, 1.82) is 0 Å². The average Bonchev–Trinajstić information content (AvgIpc) is 0. The third-order valence-corrected chi connectivity index (χ3v) is 0. The van der Waals surface area contributed by atoms with E-state index in [0.717, 1.165) is 0 Å². The summed E-state index contributed by atoms with van der Waals surface area (Å²) in [6, 6.07) is 0. The van der Waals surface area contributed by atoms with Gasteiger partial charge in [-0.1, -0.05) is 0 Å². The van der Waals surface area contributed by atoms with E-state index < -0.39 is 0 Å². The molecule has 0 nitrogen and oxygen atoms in total. The van der Waals surface area contributed by atoms with Crippen LogP contribution in [0.2, 0.25) is 0 Å². The molecule has 0 heterocycles. The van der Waals surface area contributed by atoms with E-state index >= 15 is 0 Å². The molecule has 0 atom stereocenters.